The molecule has 1 unspecified atom stereocenters. The number of rotatable bonds is 2. The Morgan fingerprint density at radius 3 is 2.00 bits per heavy atom. The molecule has 0 bridgehead atoms. The maximum Gasteiger partial charge on any atom is 0.265 e. The van der Waals surface area contributed by atoms with Gasteiger partial charge in [0.1, 0.15) is 6.10 Å². The molecule has 44 valence electrons. The summed E-state index contributed by atoms with van der Waals surface area (Å²) >= 11 is 0. The van der Waals surface area contributed by atoms with Crippen molar-refractivity contribution >= 4 is 0 Å². The SMILES string of the molecule is NCC(O)C(F)F. The number of hydrogen-bond acceptors (Lipinski definition) is 2. The summed E-state index contributed by atoms with van der Waals surface area (Å²) in [6.07, 6.45) is -4.36. The molecule has 3 N–H and O–H groups in total. The van der Waals surface area contributed by atoms with Crippen molar-refractivity contribution in [2.75, 3.05) is 6.54 Å². The van der Waals surface area contributed by atoms with Crippen LogP contribution >= 0.6 is 0 Å². The van der Waals surface area contributed by atoms with E-state index >= 15 is 0 Å². The minimum atomic E-state index is -2.70. The molecule has 7 heavy (non-hydrogen) atoms. The molecule has 0 aromatic carbocycles. The van der Waals surface area contributed by atoms with E-state index in [9.17, 15) is 8.78 Å². The maximum absolute atomic E-state index is 11.1. The molecule has 0 aliphatic carbocycles. The third kappa shape index (κ3) is 2.47. The lowest BCUT2D eigenvalue weighted by Gasteiger charge is -2.02. The van der Waals surface area contributed by atoms with Gasteiger partial charge in [-0.15, -0.1) is 0 Å². The highest BCUT2D eigenvalue weighted by Gasteiger charge is 2.12. The smallest absolute Gasteiger partial charge is 0.265 e. The molecular weight excluding hydrogens is 104 g/mol. The van der Waals surface area contributed by atoms with Crippen LogP contribution in [0.3, 0.4) is 0 Å². The van der Waals surface area contributed by atoms with E-state index in [4.69, 9.17) is 5.11 Å². The summed E-state index contributed by atoms with van der Waals surface area (Å²) in [5.74, 6) is 0. The van der Waals surface area contributed by atoms with Gasteiger partial charge in [0.25, 0.3) is 6.43 Å². The maximum atomic E-state index is 11.1. The minimum Gasteiger partial charge on any atom is -0.386 e. The van der Waals surface area contributed by atoms with E-state index in [1.165, 1.54) is 0 Å². The van der Waals surface area contributed by atoms with Crippen LogP contribution in [0, 0.1) is 0 Å². The van der Waals surface area contributed by atoms with Gasteiger partial charge in [0.2, 0.25) is 0 Å². The molecule has 0 aliphatic rings. The molecule has 0 radical (unpaired) electrons. The Hall–Kier alpha value is -0.220. The summed E-state index contributed by atoms with van der Waals surface area (Å²) in [5, 5.41) is 8.06. The number of aliphatic hydroxyl groups is 1. The van der Waals surface area contributed by atoms with Crippen molar-refractivity contribution in [3.8, 4) is 0 Å². The molecule has 0 aliphatic heterocycles. The van der Waals surface area contributed by atoms with E-state index in [0.717, 1.165) is 0 Å². The van der Waals surface area contributed by atoms with Gasteiger partial charge >= 0.3 is 0 Å². The first-order valence-electron chi connectivity index (χ1n) is 1.84. The topological polar surface area (TPSA) is 46.2 Å². The van der Waals surface area contributed by atoms with Crippen LogP contribution in [0.4, 0.5) is 8.78 Å². The molecule has 0 amide bonds. The Morgan fingerprint density at radius 2 is 2.00 bits per heavy atom. The predicted molar refractivity (Wildman–Crippen MR) is 21.1 cm³/mol. The van der Waals surface area contributed by atoms with E-state index in [2.05, 4.69) is 5.73 Å². The summed E-state index contributed by atoms with van der Waals surface area (Å²) in [5.41, 5.74) is 4.64. The van der Waals surface area contributed by atoms with Gasteiger partial charge in [-0.05, 0) is 0 Å². The zero-order valence-electron chi connectivity index (χ0n) is 3.64. The summed E-state index contributed by atoms with van der Waals surface area (Å²) in [7, 11) is 0. The van der Waals surface area contributed by atoms with Gasteiger partial charge in [0.05, 0.1) is 0 Å². The molecule has 0 aromatic heterocycles. The Labute approximate surface area is 39.9 Å². The molecule has 0 spiro atoms. The van der Waals surface area contributed by atoms with Gasteiger partial charge in [0.15, 0.2) is 0 Å². The molecule has 0 fully saturated rings. The van der Waals surface area contributed by atoms with Crippen molar-refractivity contribution in [1.82, 2.24) is 0 Å². The van der Waals surface area contributed by atoms with E-state index in [1.54, 1.807) is 0 Å². The first-order chi connectivity index (χ1) is 3.18. The zero-order chi connectivity index (χ0) is 5.86. The lowest BCUT2D eigenvalue weighted by atomic mass is 10.4. The van der Waals surface area contributed by atoms with Crippen LogP contribution < -0.4 is 5.73 Å². The highest BCUT2D eigenvalue weighted by Crippen LogP contribution is 1.96. The second-order valence-electron chi connectivity index (χ2n) is 1.14. The molecule has 2 nitrogen and oxygen atoms in total. The Morgan fingerprint density at radius 1 is 1.57 bits per heavy atom. The van der Waals surface area contributed by atoms with Crippen LogP contribution in [-0.4, -0.2) is 24.2 Å². The zero-order valence-corrected chi connectivity index (χ0v) is 3.64. The first kappa shape index (κ1) is 6.78. The fourth-order valence-corrected chi connectivity index (χ4v) is 0.103. The fourth-order valence-electron chi connectivity index (χ4n) is 0.103. The average Bonchev–Trinajstić information content (AvgIpc) is 1.65. The normalized spacial score (nSPS) is 15.0. The van der Waals surface area contributed by atoms with Gasteiger partial charge in [0, 0.05) is 6.54 Å². The molecular formula is C3H7F2NO. The second kappa shape index (κ2) is 2.87. The summed E-state index contributed by atoms with van der Waals surface area (Å²) in [6, 6.07) is 0. The van der Waals surface area contributed by atoms with E-state index < -0.39 is 12.5 Å². The molecule has 0 rings (SSSR count). The van der Waals surface area contributed by atoms with Gasteiger partial charge < -0.3 is 10.8 Å². The molecule has 0 saturated heterocycles. The van der Waals surface area contributed by atoms with E-state index in [1.807, 2.05) is 0 Å². The number of halogens is 2. The van der Waals surface area contributed by atoms with Crippen LogP contribution in [-0.2, 0) is 0 Å². The van der Waals surface area contributed by atoms with Crippen LogP contribution in [0.1, 0.15) is 0 Å². The molecule has 4 heteroatoms. The standard InChI is InChI=1S/C3H7F2NO/c4-3(5)2(7)1-6/h2-3,7H,1,6H2. The van der Waals surface area contributed by atoms with Gasteiger partial charge in [-0.1, -0.05) is 0 Å². The van der Waals surface area contributed by atoms with Crippen LogP contribution in [0.25, 0.3) is 0 Å². The first-order valence-corrected chi connectivity index (χ1v) is 1.84. The summed E-state index contributed by atoms with van der Waals surface area (Å²) in [6.45, 7) is -0.377. The summed E-state index contributed by atoms with van der Waals surface area (Å²) in [4.78, 5) is 0. The lowest BCUT2D eigenvalue weighted by Crippen LogP contribution is -2.26. The van der Waals surface area contributed by atoms with Crippen LogP contribution in [0.5, 0.6) is 0 Å². The highest BCUT2D eigenvalue weighted by molar-refractivity contribution is 4.55. The Bertz CT molecular complexity index is 50.2. The van der Waals surface area contributed by atoms with Crippen molar-refractivity contribution in [1.29, 1.82) is 0 Å². The molecule has 0 heterocycles. The average molecular weight is 111 g/mol. The third-order valence-electron chi connectivity index (χ3n) is 0.532. The molecule has 0 aromatic rings. The third-order valence-corrected chi connectivity index (χ3v) is 0.532. The van der Waals surface area contributed by atoms with Crippen LogP contribution in [0.15, 0.2) is 0 Å². The van der Waals surface area contributed by atoms with Crippen molar-refractivity contribution in [2.24, 2.45) is 5.73 Å². The minimum absolute atomic E-state index is 0.377. The van der Waals surface area contributed by atoms with E-state index in [-0.39, 0.29) is 6.54 Å². The Kier molecular flexibility index (Phi) is 2.78. The highest BCUT2D eigenvalue weighted by atomic mass is 19.3. The number of alkyl halides is 2. The van der Waals surface area contributed by atoms with Gasteiger partial charge in [-0.25, -0.2) is 8.78 Å². The van der Waals surface area contributed by atoms with Gasteiger partial charge in [-0.3, -0.25) is 0 Å². The Balaban J connectivity index is 3.14. The van der Waals surface area contributed by atoms with Crippen molar-refractivity contribution in [2.45, 2.75) is 12.5 Å². The number of hydrogen-bond donors (Lipinski definition) is 2. The monoisotopic (exact) mass is 111 g/mol. The van der Waals surface area contributed by atoms with Crippen molar-refractivity contribution in [3.05, 3.63) is 0 Å². The van der Waals surface area contributed by atoms with Crippen molar-refractivity contribution < 1.29 is 13.9 Å². The molecule has 1 atom stereocenters. The van der Waals surface area contributed by atoms with Crippen LogP contribution in [0.2, 0.25) is 0 Å². The number of aliphatic hydroxyl groups excluding tert-OH is 1. The summed E-state index contributed by atoms with van der Waals surface area (Å²) < 4.78 is 22.2. The van der Waals surface area contributed by atoms with Gasteiger partial charge in [-0.2, -0.15) is 0 Å². The quantitative estimate of drug-likeness (QED) is 0.508. The number of nitrogens with two attached hydrogens (primary N) is 1. The lowest BCUT2D eigenvalue weighted by molar-refractivity contribution is 0.00150. The fraction of sp³-hybridized carbons (Fsp3) is 1.00. The molecule has 0 saturated carbocycles. The predicted octanol–water partition coefficient (Wildman–Crippen LogP) is -0.429. The largest absolute Gasteiger partial charge is 0.386 e. The van der Waals surface area contributed by atoms with E-state index in [0.29, 0.717) is 0 Å². The van der Waals surface area contributed by atoms with Crippen molar-refractivity contribution in [3.63, 3.8) is 0 Å². The second-order valence-corrected chi connectivity index (χ2v) is 1.14.